The van der Waals surface area contributed by atoms with E-state index in [9.17, 15) is 0 Å². The van der Waals surface area contributed by atoms with E-state index in [0.29, 0.717) is 6.61 Å². The third-order valence-corrected chi connectivity index (χ3v) is 2.50. The lowest BCUT2D eigenvalue weighted by Gasteiger charge is -2.07. The maximum absolute atomic E-state index is 6.10. The highest BCUT2D eigenvalue weighted by Gasteiger charge is 2.03. The van der Waals surface area contributed by atoms with Crippen LogP contribution in [-0.2, 0) is 11.3 Å². The van der Waals surface area contributed by atoms with Gasteiger partial charge in [-0.25, -0.2) is 5.90 Å². The lowest BCUT2D eigenvalue weighted by Crippen LogP contribution is -2.04. The zero-order valence-corrected chi connectivity index (χ0v) is 8.69. The van der Waals surface area contributed by atoms with Gasteiger partial charge in [0.05, 0.1) is 6.61 Å². The molecule has 13 heavy (non-hydrogen) atoms. The maximum atomic E-state index is 6.10. The van der Waals surface area contributed by atoms with Crippen LogP contribution in [0.5, 0.6) is 0 Å². The largest absolute Gasteiger partial charge is 0.304 e. The number of aryl methyl sites for hydroxylation is 2. The minimum atomic E-state index is 0.503. The molecule has 2 N–H and O–H groups in total. The molecule has 1 rings (SSSR count). The first-order chi connectivity index (χ1) is 6.15. The Morgan fingerprint density at radius 1 is 1.38 bits per heavy atom. The summed E-state index contributed by atoms with van der Waals surface area (Å²) in [5.41, 5.74) is 3.42. The van der Waals surface area contributed by atoms with Gasteiger partial charge in [-0.2, -0.15) is 0 Å². The molecule has 0 heterocycles. The van der Waals surface area contributed by atoms with E-state index in [-0.39, 0.29) is 0 Å². The Labute approximate surface area is 83.6 Å². The van der Waals surface area contributed by atoms with E-state index in [0.717, 1.165) is 22.6 Å². The molecule has 0 saturated heterocycles. The number of hydrogen-bond donors (Lipinski definition) is 1. The fourth-order valence-electron chi connectivity index (χ4n) is 1.39. The molecule has 0 radical (unpaired) electrons. The van der Waals surface area contributed by atoms with Gasteiger partial charge >= 0.3 is 0 Å². The van der Waals surface area contributed by atoms with Crippen molar-refractivity contribution in [3.63, 3.8) is 0 Å². The number of hydrogen-bond acceptors (Lipinski definition) is 2. The van der Waals surface area contributed by atoms with Crippen molar-refractivity contribution in [1.82, 2.24) is 0 Å². The second-order valence-corrected chi connectivity index (χ2v) is 3.55. The summed E-state index contributed by atoms with van der Waals surface area (Å²) in [4.78, 5) is 4.52. The van der Waals surface area contributed by atoms with Crippen molar-refractivity contribution in [1.29, 1.82) is 0 Å². The summed E-state index contributed by atoms with van der Waals surface area (Å²) in [6.45, 7) is 4.56. The predicted molar refractivity (Wildman–Crippen MR) is 54.8 cm³/mol. The van der Waals surface area contributed by atoms with Crippen molar-refractivity contribution in [2.24, 2.45) is 5.90 Å². The van der Waals surface area contributed by atoms with Crippen LogP contribution in [0.3, 0.4) is 0 Å². The fraction of sp³-hybridized carbons (Fsp3) is 0.400. The Hall–Kier alpha value is -0.570. The van der Waals surface area contributed by atoms with Crippen LogP contribution in [0.25, 0.3) is 0 Å². The van der Waals surface area contributed by atoms with Crippen LogP contribution in [0.2, 0.25) is 5.02 Å². The summed E-state index contributed by atoms with van der Waals surface area (Å²) in [6.07, 6.45) is 0.762. The van der Waals surface area contributed by atoms with E-state index in [1.54, 1.807) is 0 Å². The van der Waals surface area contributed by atoms with Crippen LogP contribution in [0.15, 0.2) is 12.1 Å². The van der Waals surface area contributed by atoms with E-state index in [2.05, 4.69) is 23.9 Å². The molecule has 0 spiro atoms. The topological polar surface area (TPSA) is 35.2 Å². The lowest BCUT2D eigenvalue weighted by atomic mass is 10.1. The molecule has 72 valence electrons. The third-order valence-electron chi connectivity index (χ3n) is 1.96. The van der Waals surface area contributed by atoms with Crippen LogP contribution >= 0.6 is 11.6 Å². The smallest absolute Gasteiger partial charge is 0.0720 e. The minimum absolute atomic E-state index is 0.503. The van der Waals surface area contributed by atoms with E-state index in [1.807, 2.05) is 6.92 Å². The summed E-state index contributed by atoms with van der Waals surface area (Å²) in [6, 6.07) is 4.13. The molecule has 0 amide bonds. The Morgan fingerprint density at radius 3 is 2.69 bits per heavy atom. The van der Waals surface area contributed by atoms with Crippen LogP contribution in [0.1, 0.15) is 16.7 Å². The fourth-order valence-corrected chi connectivity index (χ4v) is 1.59. The SMILES string of the molecule is Cc1cc(C)c(Cl)c(CCON)c1. The summed E-state index contributed by atoms with van der Waals surface area (Å²) < 4.78 is 0. The number of rotatable bonds is 3. The molecule has 0 aromatic heterocycles. The second-order valence-electron chi connectivity index (χ2n) is 3.18. The molecular formula is C10H14ClNO. The molecule has 0 fully saturated rings. The van der Waals surface area contributed by atoms with Gasteiger partial charge in [0.15, 0.2) is 0 Å². The molecule has 0 unspecified atom stereocenters. The zero-order chi connectivity index (χ0) is 9.84. The predicted octanol–water partition coefficient (Wildman–Crippen LogP) is 2.39. The quantitative estimate of drug-likeness (QED) is 0.759. The standard InChI is InChI=1S/C10H14ClNO/c1-7-5-8(2)10(11)9(6-7)3-4-13-12/h5-6H,3-4,12H2,1-2H3. The number of benzene rings is 1. The van der Waals surface area contributed by atoms with E-state index < -0.39 is 0 Å². The number of nitrogens with two attached hydrogens (primary N) is 1. The van der Waals surface area contributed by atoms with Gasteiger partial charge in [-0.05, 0) is 31.4 Å². The molecular weight excluding hydrogens is 186 g/mol. The van der Waals surface area contributed by atoms with E-state index in [4.69, 9.17) is 17.5 Å². The molecule has 0 aliphatic rings. The van der Waals surface area contributed by atoms with E-state index >= 15 is 0 Å². The number of halogens is 1. The van der Waals surface area contributed by atoms with Gasteiger partial charge in [-0.3, -0.25) is 0 Å². The van der Waals surface area contributed by atoms with Crippen LogP contribution in [0.4, 0.5) is 0 Å². The Kier molecular flexibility index (Phi) is 3.72. The van der Waals surface area contributed by atoms with Crippen molar-refractivity contribution in [3.05, 3.63) is 33.8 Å². The normalized spacial score (nSPS) is 10.5. The van der Waals surface area contributed by atoms with Crippen molar-refractivity contribution < 1.29 is 4.84 Å². The van der Waals surface area contributed by atoms with Crippen molar-refractivity contribution in [2.75, 3.05) is 6.61 Å². The molecule has 0 aliphatic heterocycles. The third kappa shape index (κ3) is 2.69. The van der Waals surface area contributed by atoms with Crippen LogP contribution in [0, 0.1) is 13.8 Å². The summed E-state index contributed by atoms with van der Waals surface area (Å²) in [5, 5.41) is 0.822. The van der Waals surface area contributed by atoms with Gasteiger partial charge < -0.3 is 4.84 Å². The first-order valence-corrected chi connectivity index (χ1v) is 4.60. The molecule has 0 atom stereocenters. The Balaban J connectivity index is 2.92. The highest BCUT2D eigenvalue weighted by atomic mass is 35.5. The molecule has 0 saturated carbocycles. The molecule has 1 aromatic carbocycles. The molecule has 0 bridgehead atoms. The Morgan fingerprint density at radius 2 is 2.08 bits per heavy atom. The molecule has 0 aliphatic carbocycles. The van der Waals surface area contributed by atoms with Crippen LogP contribution in [-0.4, -0.2) is 6.61 Å². The second kappa shape index (κ2) is 4.61. The maximum Gasteiger partial charge on any atom is 0.0720 e. The molecule has 1 aromatic rings. The zero-order valence-electron chi connectivity index (χ0n) is 7.93. The Bertz CT molecular complexity index is 299. The van der Waals surface area contributed by atoms with Crippen molar-refractivity contribution in [3.8, 4) is 0 Å². The summed E-state index contributed by atoms with van der Waals surface area (Å²) in [5.74, 6) is 4.96. The molecule has 2 nitrogen and oxygen atoms in total. The van der Waals surface area contributed by atoms with Gasteiger partial charge in [-0.15, -0.1) is 0 Å². The van der Waals surface area contributed by atoms with Gasteiger partial charge in [-0.1, -0.05) is 29.3 Å². The summed E-state index contributed by atoms with van der Waals surface area (Å²) in [7, 11) is 0. The van der Waals surface area contributed by atoms with Gasteiger partial charge in [0.1, 0.15) is 0 Å². The van der Waals surface area contributed by atoms with Crippen molar-refractivity contribution in [2.45, 2.75) is 20.3 Å². The van der Waals surface area contributed by atoms with Gasteiger partial charge in [0.25, 0.3) is 0 Å². The molecule has 3 heteroatoms. The van der Waals surface area contributed by atoms with Gasteiger partial charge in [0.2, 0.25) is 0 Å². The average Bonchev–Trinajstić information content (AvgIpc) is 2.09. The van der Waals surface area contributed by atoms with Gasteiger partial charge in [0, 0.05) is 5.02 Å². The highest BCUT2D eigenvalue weighted by molar-refractivity contribution is 6.32. The van der Waals surface area contributed by atoms with Crippen LogP contribution < -0.4 is 5.90 Å². The monoisotopic (exact) mass is 199 g/mol. The first-order valence-electron chi connectivity index (χ1n) is 4.22. The minimum Gasteiger partial charge on any atom is -0.304 e. The van der Waals surface area contributed by atoms with E-state index in [1.165, 1.54) is 5.56 Å². The average molecular weight is 200 g/mol. The lowest BCUT2D eigenvalue weighted by molar-refractivity contribution is 0.141. The highest BCUT2D eigenvalue weighted by Crippen LogP contribution is 2.22. The van der Waals surface area contributed by atoms with Crippen molar-refractivity contribution >= 4 is 11.6 Å². The summed E-state index contributed by atoms with van der Waals surface area (Å²) >= 11 is 6.10. The first kappa shape index (κ1) is 10.5.